The number of carboxylic acid groups (broad SMARTS) is 1. The van der Waals surface area contributed by atoms with Crippen molar-refractivity contribution in [3.8, 4) is 0 Å². The number of ether oxygens (including phenoxy) is 1. The number of aromatic nitrogens is 4. The van der Waals surface area contributed by atoms with E-state index in [0.29, 0.717) is 11.1 Å². The zero-order chi connectivity index (χ0) is 21.1. The number of fused-ring (bicyclic) bond motifs is 3. The molecule has 1 N–H and O–H groups in total. The average Bonchev–Trinajstić information content (AvgIpc) is 3.36. The maximum Gasteiger partial charge on any atom is 0.290 e. The second kappa shape index (κ2) is 9.07. The minimum Gasteiger partial charge on any atom is -0.483 e. The van der Waals surface area contributed by atoms with Crippen molar-refractivity contribution in [2.24, 2.45) is 0 Å². The molecule has 2 atom stereocenters. The predicted molar refractivity (Wildman–Crippen MR) is 117 cm³/mol. The fraction of sp³-hybridized carbons (Fsp3) is 0.333. The molecule has 0 amide bonds. The van der Waals surface area contributed by atoms with Crippen LogP contribution in [0.25, 0.3) is 21.9 Å². The smallest absolute Gasteiger partial charge is 0.290 e. The summed E-state index contributed by atoms with van der Waals surface area (Å²) in [6.07, 6.45) is 6.63. The van der Waals surface area contributed by atoms with Gasteiger partial charge >= 0.3 is 0 Å². The van der Waals surface area contributed by atoms with E-state index in [0.717, 1.165) is 58.6 Å². The fourth-order valence-corrected chi connectivity index (χ4v) is 4.78. The first-order chi connectivity index (χ1) is 14.6. The molecule has 0 saturated carbocycles. The molecule has 1 aliphatic heterocycles. The number of carbonyl (C=O) groups is 1. The maximum atomic E-state index is 8.36. The Kier molecular flexibility index (Phi) is 6.26. The van der Waals surface area contributed by atoms with Crippen LogP contribution in [0.5, 0.6) is 0 Å². The van der Waals surface area contributed by atoms with Crippen molar-refractivity contribution < 1.29 is 14.6 Å². The minimum atomic E-state index is -0.250. The van der Waals surface area contributed by atoms with Crippen molar-refractivity contribution in [1.29, 1.82) is 0 Å². The predicted octanol–water partition coefficient (Wildman–Crippen LogP) is 4.73. The molecular formula is C21H21ClN4O3S. The molecule has 0 aliphatic carbocycles. The standard InChI is InChI=1S/C20H19ClN4OS.CH2O2/c1-12-8-14(4-6-26-12)25-18(10-19-22-5-7-27-19)24-17-11-23-16-3-2-13(21)9-15(16)20(17)25;2-1-3/h2-3,5,7,9,11-12,14H,4,6,8,10H2,1H3;1H,(H,2,3)/t12-,14-;/m1./s1. The molecule has 0 unspecified atom stereocenters. The second-order valence-electron chi connectivity index (χ2n) is 7.12. The van der Waals surface area contributed by atoms with Crippen molar-refractivity contribution in [3.05, 3.63) is 51.8 Å². The highest BCUT2D eigenvalue weighted by molar-refractivity contribution is 7.09. The summed E-state index contributed by atoms with van der Waals surface area (Å²) >= 11 is 7.98. The van der Waals surface area contributed by atoms with Crippen LogP contribution in [0.15, 0.2) is 36.0 Å². The zero-order valence-electron chi connectivity index (χ0n) is 16.4. The molecule has 1 aliphatic rings. The summed E-state index contributed by atoms with van der Waals surface area (Å²) in [7, 11) is 0. The lowest BCUT2D eigenvalue weighted by atomic mass is 10.0. The summed E-state index contributed by atoms with van der Waals surface area (Å²) in [4.78, 5) is 22.4. The van der Waals surface area contributed by atoms with Crippen LogP contribution in [0.3, 0.4) is 0 Å². The molecule has 3 aromatic heterocycles. The monoisotopic (exact) mass is 444 g/mol. The van der Waals surface area contributed by atoms with E-state index in [2.05, 4.69) is 21.5 Å². The quantitative estimate of drug-likeness (QED) is 0.459. The molecule has 0 bridgehead atoms. The van der Waals surface area contributed by atoms with Gasteiger partial charge in [0.1, 0.15) is 11.3 Å². The van der Waals surface area contributed by atoms with E-state index in [9.17, 15) is 0 Å². The second-order valence-corrected chi connectivity index (χ2v) is 8.53. The summed E-state index contributed by atoms with van der Waals surface area (Å²) in [6.45, 7) is 2.66. The van der Waals surface area contributed by atoms with E-state index >= 15 is 0 Å². The van der Waals surface area contributed by atoms with Crippen molar-refractivity contribution in [2.75, 3.05) is 6.61 Å². The third-order valence-corrected chi connectivity index (χ3v) is 6.18. The lowest BCUT2D eigenvalue weighted by Crippen LogP contribution is -2.26. The van der Waals surface area contributed by atoms with Crippen molar-refractivity contribution in [3.63, 3.8) is 0 Å². The Hall–Kier alpha value is -2.55. The number of nitrogens with zero attached hydrogens (tertiary/aromatic N) is 4. The van der Waals surface area contributed by atoms with Crippen LogP contribution < -0.4 is 0 Å². The van der Waals surface area contributed by atoms with Crippen molar-refractivity contribution in [1.82, 2.24) is 19.5 Å². The van der Waals surface area contributed by atoms with E-state index < -0.39 is 0 Å². The molecule has 0 radical (unpaired) electrons. The number of imidazole rings is 1. The minimum absolute atomic E-state index is 0.241. The number of thiazole rings is 1. The van der Waals surface area contributed by atoms with E-state index in [-0.39, 0.29) is 12.6 Å². The number of pyridine rings is 1. The Morgan fingerprint density at radius 3 is 2.93 bits per heavy atom. The van der Waals surface area contributed by atoms with Gasteiger partial charge in [-0.25, -0.2) is 9.97 Å². The molecule has 0 spiro atoms. The molecule has 1 saturated heterocycles. The van der Waals surface area contributed by atoms with Gasteiger partial charge in [0.2, 0.25) is 0 Å². The number of halogens is 1. The van der Waals surface area contributed by atoms with Gasteiger partial charge in [-0.15, -0.1) is 11.3 Å². The molecule has 4 aromatic rings. The van der Waals surface area contributed by atoms with Gasteiger partial charge in [0.05, 0.1) is 34.8 Å². The number of hydrogen-bond acceptors (Lipinski definition) is 6. The highest BCUT2D eigenvalue weighted by atomic mass is 35.5. The Morgan fingerprint density at radius 1 is 1.37 bits per heavy atom. The van der Waals surface area contributed by atoms with Crippen molar-refractivity contribution in [2.45, 2.75) is 38.3 Å². The Bertz CT molecular complexity index is 1160. The number of rotatable bonds is 3. The third kappa shape index (κ3) is 4.16. The van der Waals surface area contributed by atoms with Gasteiger partial charge in [0, 0.05) is 34.6 Å². The first-order valence-corrected chi connectivity index (χ1v) is 10.9. The first-order valence-electron chi connectivity index (χ1n) is 9.63. The molecule has 7 nitrogen and oxygen atoms in total. The number of hydrogen-bond donors (Lipinski definition) is 1. The lowest BCUT2D eigenvalue weighted by Gasteiger charge is -2.30. The summed E-state index contributed by atoms with van der Waals surface area (Å²) in [5.41, 5.74) is 2.97. The van der Waals surface area contributed by atoms with Gasteiger partial charge in [0.15, 0.2) is 0 Å². The fourth-order valence-electron chi connectivity index (χ4n) is 4.00. The first kappa shape index (κ1) is 20.7. The lowest BCUT2D eigenvalue weighted by molar-refractivity contribution is -0.122. The van der Waals surface area contributed by atoms with Crippen LogP contribution in [-0.2, 0) is 16.0 Å². The van der Waals surface area contributed by atoms with Gasteiger partial charge in [-0.05, 0) is 38.0 Å². The van der Waals surface area contributed by atoms with Crippen LogP contribution >= 0.6 is 22.9 Å². The van der Waals surface area contributed by atoms with Crippen LogP contribution in [0.2, 0.25) is 5.02 Å². The molecular weight excluding hydrogens is 424 g/mol. The highest BCUT2D eigenvalue weighted by Crippen LogP contribution is 2.35. The van der Waals surface area contributed by atoms with E-state index in [4.69, 9.17) is 31.2 Å². The summed E-state index contributed by atoms with van der Waals surface area (Å²) in [5, 5.41) is 11.7. The van der Waals surface area contributed by atoms with Gasteiger partial charge < -0.3 is 14.4 Å². The average molecular weight is 445 g/mol. The summed E-state index contributed by atoms with van der Waals surface area (Å²) in [5.74, 6) is 1.04. The number of benzene rings is 1. The van der Waals surface area contributed by atoms with Crippen LogP contribution in [-0.4, -0.2) is 43.8 Å². The Labute approximate surface area is 182 Å². The van der Waals surface area contributed by atoms with Crippen molar-refractivity contribution >= 4 is 51.3 Å². The molecule has 1 aromatic carbocycles. The van der Waals surface area contributed by atoms with Crippen LogP contribution in [0, 0.1) is 0 Å². The van der Waals surface area contributed by atoms with Crippen LogP contribution in [0.1, 0.15) is 36.6 Å². The SMILES string of the molecule is C[C@@H]1C[C@H](n2c(Cc3nccs3)nc3cnc4ccc(Cl)cc4c32)CCO1.O=CO. The Morgan fingerprint density at radius 2 is 2.20 bits per heavy atom. The summed E-state index contributed by atoms with van der Waals surface area (Å²) in [6, 6.07) is 6.21. The summed E-state index contributed by atoms with van der Waals surface area (Å²) < 4.78 is 8.19. The normalized spacial score (nSPS) is 18.9. The van der Waals surface area contributed by atoms with Gasteiger partial charge in [0.25, 0.3) is 6.47 Å². The van der Waals surface area contributed by atoms with Crippen LogP contribution in [0.4, 0.5) is 0 Å². The zero-order valence-corrected chi connectivity index (χ0v) is 17.9. The molecule has 4 heterocycles. The van der Waals surface area contributed by atoms with E-state index in [1.165, 1.54) is 0 Å². The largest absolute Gasteiger partial charge is 0.483 e. The van der Waals surface area contributed by atoms with Gasteiger partial charge in [-0.2, -0.15) is 0 Å². The molecule has 5 rings (SSSR count). The van der Waals surface area contributed by atoms with E-state index in [1.807, 2.05) is 36.0 Å². The maximum absolute atomic E-state index is 8.36. The molecule has 1 fully saturated rings. The molecule has 30 heavy (non-hydrogen) atoms. The van der Waals surface area contributed by atoms with E-state index in [1.54, 1.807) is 11.3 Å². The van der Waals surface area contributed by atoms with Gasteiger partial charge in [-0.1, -0.05) is 11.6 Å². The molecule has 156 valence electrons. The third-order valence-electron chi connectivity index (χ3n) is 5.17. The van der Waals surface area contributed by atoms with Gasteiger partial charge in [-0.3, -0.25) is 9.78 Å². The molecule has 9 heteroatoms. The topological polar surface area (TPSA) is 90.1 Å². The Balaban J connectivity index is 0.000000687. The highest BCUT2D eigenvalue weighted by Gasteiger charge is 2.26.